The first kappa shape index (κ1) is 43.8. The summed E-state index contributed by atoms with van der Waals surface area (Å²) in [6.07, 6.45) is -6.48. The van der Waals surface area contributed by atoms with Crippen molar-refractivity contribution in [3.63, 3.8) is 0 Å². The van der Waals surface area contributed by atoms with Crippen LogP contribution in [0.15, 0.2) is 11.6 Å². The Bertz CT molecular complexity index is 1370. The molecule has 0 aromatic heterocycles. The van der Waals surface area contributed by atoms with Gasteiger partial charge < -0.3 is 64.9 Å². The lowest BCUT2D eigenvalue weighted by molar-refractivity contribution is -0.378. The average molecular weight is 785 g/mol. The molecule has 55 heavy (non-hydrogen) atoms. The molecule has 2 saturated heterocycles. The van der Waals surface area contributed by atoms with Crippen molar-refractivity contribution in [2.75, 3.05) is 13.2 Å². The first-order valence-electron chi connectivity index (χ1n) is 20.9. The highest BCUT2D eigenvalue weighted by Crippen LogP contribution is 2.76. The summed E-state index contributed by atoms with van der Waals surface area (Å²) in [4.78, 5) is 0. The summed E-state index contributed by atoms with van der Waals surface area (Å²) < 4.78 is 24.4. The van der Waals surface area contributed by atoms with Gasteiger partial charge in [-0.05, 0) is 124 Å². The maximum absolute atomic E-state index is 12.2. The highest BCUT2D eigenvalue weighted by molar-refractivity contribution is 5.20. The molecule has 2 aliphatic heterocycles. The quantitative estimate of drug-likeness (QED) is 0.115. The first-order chi connectivity index (χ1) is 25.6. The second kappa shape index (κ2) is 15.7. The van der Waals surface area contributed by atoms with E-state index in [9.17, 15) is 46.0 Å². The number of hydrogen-bond acceptors (Lipinski definition) is 13. The Hall–Kier alpha value is -0.780. The minimum atomic E-state index is -1.75. The van der Waals surface area contributed by atoms with E-state index >= 15 is 0 Å². The van der Waals surface area contributed by atoms with Gasteiger partial charge in [0.2, 0.25) is 0 Å². The minimum absolute atomic E-state index is 0.00798. The van der Waals surface area contributed by atoms with Crippen LogP contribution in [-0.2, 0) is 18.9 Å². The summed E-state index contributed by atoms with van der Waals surface area (Å²) in [5, 5.41) is 97.4. The Morgan fingerprint density at radius 1 is 0.727 bits per heavy atom. The number of fused-ring (bicyclic) bond motifs is 5. The van der Waals surface area contributed by atoms with Gasteiger partial charge in [0.25, 0.3) is 0 Å². The fourth-order valence-electron chi connectivity index (χ4n) is 13.3. The molecule has 13 nitrogen and oxygen atoms in total. The van der Waals surface area contributed by atoms with Crippen molar-refractivity contribution in [2.45, 2.75) is 192 Å². The zero-order valence-electron chi connectivity index (χ0n) is 34.3. The molecule has 0 amide bonds. The second-order valence-corrected chi connectivity index (χ2v) is 20.1. The topological polar surface area (TPSA) is 219 Å². The molecule has 4 saturated carbocycles. The summed E-state index contributed by atoms with van der Waals surface area (Å²) in [6, 6.07) is 0. The van der Waals surface area contributed by atoms with Crippen LogP contribution < -0.4 is 0 Å². The van der Waals surface area contributed by atoms with E-state index in [4.69, 9.17) is 18.9 Å². The smallest absolute Gasteiger partial charge is 0.187 e. The molecule has 0 radical (unpaired) electrons. The van der Waals surface area contributed by atoms with Gasteiger partial charge in [-0.3, -0.25) is 0 Å². The molecule has 318 valence electrons. The SMILES string of the molecule is CC(C)=CCCC(C)(O)[C@@H]1CC[C@@]2(C)[C@@H]1[C@@H](O)CC1C2(C)CCC2C(C)(C)C(O[C@@H]3O[C@H](CO)[C@@H](O)[C@H](O)[C@H]3O[C@@H]3O[C@H](CO)[C@@H](O)[C@H](O)[C@H]3O)CC[C@@]21C. The van der Waals surface area contributed by atoms with Crippen molar-refractivity contribution < 1.29 is 64.9 Å². The maximum Gasteiger partial charge on any atom is 0.187 e. The van der Waals surface area contributed by atoms with Crippen molar-refractivity contribution in [1.82, 2.24) is 0 Å². The monoisotopic (exact) mass is 784 g/mol. The Balaban J connectivity index is 1.23. The number of allylic oxidation sites excluding steroid dienone is 2. The van der Waals surface area contributed by atoms with Gasteiger partial charge in [-0.2, -0.15) is 0 Å². The van der Waals surface area contributed by atoms with Crippen LogP contribution in [0.2, 0.25) is 0 Å². The highest BCUT2D eigenvalue weighted by atomic mass is 16.8. The molecule has 5 unspecified atom stereocenters. The van der Waals surface area contributed by atoms with E-state index in [-0.39, 0.29) is 39.9 Å². The van der Waals surface area contributed by atoms with Crippen LogP contribution in [0.4, 0.5) is 0 Å². The normalized spacial score (nSPS) is 52.0. The van der Waals surface area contributed by atoms with Gasteiger partial charge in [-0.1, -0.05) is 46.3 Å². The van der Waals surface area contributed by atoms with Gasteiger partial charge in [-0.25, -0.2) is 0 Å². The third-order valence-corrected chi connectivity index (χ3v) is 16.6. The molecule has 0 spiro atoms. The lowest BCUT2D eigenvalue weighted by Gasteiger charge is -2.70. The standard InChI is InChI=1S/C42H72O13/c1-21(2)10-9-14-42(8,51)22-11-16-41(7)29(22)23(45)18-27-39(5)15-13-28(38(3,4)26(39)12-17-40(27,41)6)54-37-35(33(49)31(47)25(20-44)53-37)55-36-34(50)32(48)30(46)24(19-43)52-36/h10,22-37,43-51H,9,11-20H2,1-8H3/t22-,23+,24-,25-,26?,27?,28?,29+,30-,31-,32+,33+,34-,35-,36+,37+,39+,40?,41+,42?/m1/s1. The van der Waals surface area contributed by atoms with Crippen LogP contribution in [0.1, 0.15) is 113 Å². The Morgan fingerprint density at radius 2 is 1.33 bits per heavy atom. The molecule has 2 heterocycles. The van der Waals surface area contributed by atoms with E-state index in [1.54, 1.807) is 0 Å². The lowest BCUT2D eigenvalue weighted by atomic mass is 9.35. The van der Waals surface area contributed by atoms with Crippen LogP contribution >= 0.6 is 0 Å². The van der Waals surface area contributed by atoms with Crippen molar-refractivity contribution in [3.8, 4) is 0 Å². The van der Waals surface area contributed by atoms with E-state index in [0.29, 0.717) is 19.3 Å². The first-order valence-corrected chi connectivity index (χ1v) is 20.9. The molecule has 9 N–H and O–H groups in total. The second-order valence-electron chi connectivity index (χ2n) is 20.1. The van der Waals surface area contributed by atoms with Crippen LogP contribution in [-0.4, -0.2) is 138 Å². The molecular weight excluding hydrogens is 712 g/mol. The van der Waals surface area contributed by atoms with Crippen LogP contribution in [0, 0.1) is 45.3 Å². The highest BCUT2D eigenvalue weighted by Gasteiger charge is 2.71. The molecule has 6 fully saturated rings. The zero-order chi connectivity index (χ0) is 40.6. The van der Waals surface area contributed by atoms with Gasteiger partial charge in [-0.15, -0.1) is 0 Å². The number of aliphatic hydroxyl groups is 9. The van der Waals surface area contributed by atoms with E-state index < -0.39 is 97.8 Å². The van der Waals surface area contributed by atoms with E-state index in [1.807, 2.05) is 6.92 Å². The van der Waals surface area contributed by atoms with Gasteiger partial charge in [0.15, 0.2) is 12.6 Å². The molecule has 4 aliphatic carbocycles. The lowest BCUT2D eigenvalue weighted by Crippen LogP contribution is -2.68. The maximum atomic E-state index is 12.2. The summed E-state index contributed by atoms with van der Waals surface area (Å²) >= 11 is 0. The van der Waals surface area contributed by atoms with E-state index in [0.717, 1.165) is 38.5 Å². The van der Waals surface area contributed by atoms with Crippen molar-refractivity contribution >= 4 is 0 Å². The summed E-state index contributed by atoms with van der Waals surface area (Å²) in [5.41, 5.74) is -0.405. The third-order valence-electron chi connectivity index (χ3n) is 16.6. The van der Waals surface area contributed by atoms with Gasteiger partial charge in [0, 0.05) is 0 Å². The van der Waals surface area contributed by atoms with Gasteiger partial charge in [0.1, 0.15) is 48.8 Å². The van der Waals surface area contributed by atoms with Crippen molar-refractivity contribution in [2.24, 2.45) is 45.3 Å². The van der Waals surface area contributed by atoms with Crippen molar-refractivity contribution in [3.05, 3.63) is 11.6 Å². The predicted molar refractivity (Wildman–Crippen MR) is 201 cm³/mol. The van der Waals surface area contributed by atoms with Crippen molar-refractivity contribution in [1.29, 1.82) is 0 Å². The summed E-state index contributed by atoms with van der Waals surface area (Å²) in [5.74, 6) is 0.445. The average Bonchev–Trinajstić information content (AvgIpc) is 3.50. The zero-order valence-corrected chi connectivity index (χ0v) is 34.3. The van der Waals surface area contributed by atoms with E-state index in [2.05, 4.69) is 54.5 Å². The molecule has 0 aromatic rings. The molecule has 20 atom stereocenters. The molecule has 0 bridgehead atoms. The molecular formula is C42H72O13. The van der Waals surface area contributed by atoms with Gasteiger partial charge >= 0.3 is 0 Å². The number of ether oxygens (including phenoxy) is 4. The molecule has 6 rings (SSSR count). The minimum Gasteiger partial charge on any atom is -0.394 e. The van der Waals surface area contributed by atoms with Crippen LogP contribution in [0.25, 0.3) is 0 Å². The number of hydrogen-bond donors (Lipinski definition) is 9. The van der Waals surface area contributed by atoms with Crippen LogP contribution in [0.3, 0.4) is 0 Å². The Kier molecular flexibility index (Phi) is 12.5. The summed E-state index contributed by atoms with van der Waals surface area (Å²) in [7, 11) is 0. The largest absolute Gasteiger partial charge is 0.394 e. The third kappa shape index (κ3) is 7.20. The number of aliphatic hydroxyl groups excluding tert-OH is 8. The Morgan fingerprint density at radius 3 is 1.95 bits per heavy atom. The molecule has 0 aromatic carbocycles. The fraction of sp³-hybridized carbons (Fsp3) is 0.952. The molecule has 6 aliphatic rings. The fourth-order valence-corrected chi connectivity index (χ4v) is 13.3. The Labute approximate surface area is 327 Å². The predicted octanol–water partition coefficient (Wildman–Crippen LogP) is 2.15. The summed E-state index contributed by atoms with van der Waals surface area (Å²) in [6.45, 7) is 16.5. The number of rotatable bonds is 10. The van der Waals surface area contributed by atoms with E-state index in [1.165, 1.54) is 5.57 Å². The van der Waals surface area contributed by atoms with Gasteiger partial charge in [0.05, 0.1) is 31.0 Å². The van der Waals surface area contributed by atoms with Crippen LogP contribution in [0.5, 0.6) is 0 Å². The molecule has 13 heteroatoms.